The van der Waals surface area contributed by atoms with E-state index in [0.717, 1.165) is 0 Å². The zero-order valence-electron chi connectivity index (χ0n) is 13.2. The molecule has 3 amide bonds. The molecule has 1 aromatic carbocycles. The second kappa shape index (κ2) is 6.45. The summed E-state index contributed by atoms with van der Waals surface area (Å²) in [4.78, 5) is 26.0. The van der Waals surface area contributed by atoms with Crippen LogP contribution < -0.4 is 15.4 Å². The van der Waals surface area contributed by atoms with Gasteiger partial charge in [0.1, 0.15) is 5.75 Å². The van der Waals surface area contributed by atoms with Crippen LogP contribution >= 0.6 is 0 Å². The molecule has 7 heteroatoms. The monoisotopic (exact) mass is 319 g/mol. The maximum atomic E-state index is 12.4. The molecule has 1 aromatic rings. The van der Waals surface area contributed by atoms with Gasteiger partial charge in [-0.15, -0.1) is 0 Å². The van der Waals surface area contributed by atoms with Crippen LogP contribution in [0.15, 0.2) is 24.3 Å². The molecule has 2 aliphatic rings. The number of morpholine rings is 1. The molecule has 23 heavy (non-hydrogen) atoms. The number of fused-ring (bicyclic) bond motifs is 2. The van der Waals surface area contributed by atoms with Crippen molar-refractivity contribution in [2.75, 3.05) is 32.6 Å². The van der Waals surface area contributed by atoms with E-state index < -0.39 is 0 Å². The number of hydrogen-bond donors (Lipinski definition) is 2. The molecule has 3 atom stereocenters. The molecule has 0 aromatic heterocycles. The topological polar surface area (TPSA) is 79.9 Å². The average Bonchev–Trinajstić information content (AvgIpc) is 2.88. The zero-order valence-corrected chi connectivity index (χ0v) is 13.2. The van der Waals surface area contributed by atoms with Crippen LogP contribution in [0.3, 0.4) is 0 Å². The van der Waals surface area contributed by atoms with Crippen LogP contribution in [0.4, 0.5) is 10.5 Å². The lowest BCUT2D eigenvalue weighted by Crippen LogP contribution is -2.49. The first kappa shape index (κ1) is 15.6. The first-order chi connectivity index (χ1) is 11.1. The number of amides is 3. The summed E-state index contributed by atoms with van der Waals surface area (Å²) < 4.78 is 10.9. The fourth-order valence-electron chi connectivity index (χ4n) is 3.19. The van der Waals surface area contributed by atoms with E-state index in [2.05, 4.69) is 10.6 Å². The van der Waals surface area contributed by atoms with Gasteiger partial charge in [-0.2, -0.15) is 0 Å². The third-order valence-corrected chi connectivity index (χ3v) is 4.35. The summed E-state index contributed by atoms with van der Waals surface area (Å²) in [6, 6.07) is 7.02. The van der Waals surface area contributed by atoms with E-state index in [9.17, 15) is 9.59 Å². The Bertz CT molecular complexity index is 607. The molecule has 2 bridgehead atoms. The summed E-state index contributed by atoms with van der Waals surface area (Å²) in [6.07, 6.45) is 0.352. The minimum atomic E-state index is -0.232. The minimum Gasteiger partial charge on any atom is -0.497 e. The molecule has 0 unspecified atom stereocenters. The third-order valence-electron chi connectivity index (χ3n) is 4.35. The van der Waals surface area contributed by atoms with Gasteiger partial charge in [0.2, 0.25) is 5.91 Å². The lowest BCUT2D eigenvalue weighted by atomic mass is 10.00. The van der Waals surface area contributed by atoms with Crippen LogP contribution in [-0.4, -0.2) is 56.3 Å². The Hall–Kier alpha value is -2.28. The Morgan fingerprint density at radius 3 is 2.91 bits per heavy atom. The third kappa shape index (κ3) is 3.24. The lowest BCUT2D eigenvalue weighted by molar-refractivity contribution is -0.127. The minimum absolute atomic E-state index is 0.0208. The number of carbonyl (C=O) groups is 2. The van der Waals surface area contributed by atoms with Crippen LogP contribution in [0.1, 0.15) is 6.42 Å². The Morgan fingerprint density at radius 1 is 1.35 bits per heavy atom. The molecule has 3 rings (SSSR count). The van der Waals surface area contributed by atoms with Gasteiger partial charge in [-0.3, -0.25) is 4.79 Å². The first-order valence-electron chi connectivity index (χ1n) is 7.67. The molecule has 0 radical (unpaired) electrons. The number of anilines is 1. The second-order valence-electron chi connectivity index (χ2n) is 5.82. The highest BCUT2D eigenvalue weighted by molar-refractivity contribution is 5.90. The Balaban J connectivity index is 1.64. The molecule has 0 aliphatic carbocycles. The SMILES string of the molecule is CNC(=O)[C@@H]1C[C@H]2CN(C(=O)Nc3cccc(OC)c3)C[C@H]1O2. The number of hydrogen-bond acceptors (Lipinski definition) is 4. The van der Waals surface area contributed by atoms with Crippen molar-refractivity contribution >= 4 is 17.6 Å². The highest BCUT2D eigenvalue weighted by atomic mass is 16.5. The summed E-state index contributed by atoms with van der Waals surface area (Å²) in [5.74, 6) is 0.483. The lowest BCUT2D eigenvalue weighted by Gasteiger charge is -2.32. The van der Waals surface area contributed by atoms with E-state index in [-0.39, 0.29) is 30.1 Å². The van der Waals surface area contributed by atoms with E-state index >= 15 is 0 Å². The van der Waals surface area contributed by atoms with E-state index in [1.54, 1.807) is 25.1 Å². The van der Waals surface area contributed by atoms with Crippen LogP contribution in [0.5, 0.6) is 5.75 Å². The Kier molecular flexibility index (Phi) is 4.38. The maximum Gasteiger partial charge on any atom is 0.322 e. The number of likely N-dealkylation sites (tertiary alicyclic amines) is 1. The molecule has 0 saturated carbocycles. The second-order valence-corrected chi connectivity index (χ2v) is 5.82. The van der Waals surface area contributed by atoms with Crippen molar-refractivity contribution in [3.05, 3.63) is 24.3 Å². The van der Waals surface area contributed by atoms with Gasteiger partial charge in [-0.25, -0.2) is 4.79 Å². The van der Waals surface area contributed by atoms with E-state index in [4.69, 9.17) is 9.47 Å². The molecular formula is C16H21N3O4. The van der Waals surface area contributed by atoms with Crippen molar-refractivity contribution in [3.63, 3.8) is 0 Å². The number of ether oxygens (including phenoxy) is 2. The summed E-state index contributed by atoms with van der Waals surface area (Å²) in [5.41, 5.74) is 0.677. The van der Waals surface area contributed by atoms with Crippen molar-refractivity contribution in [1.82, 2.24) is 10.2 Å². The molecule has 124 valence electrons. The van der Waals surface area contributed by atoms with Crippen molar-refractivity contribution in [1.29, 1.82) is 0 Å². The van der Waals surface area contributed by atoms with Crippen molar-refractivity contribution in [3.8, 4) is 5.75 Å². The normalized spacial score (nSPS) is 25.8. The molecule has 2 saturated heterocycles. The molecule has 0 spiro atoms. The van der Waals surface area contributed by atoms with E-state index in [1.165, 1.54) is 0 Å². The van der Waals surface area contributed by atoms with Crippen molar-refractivity contribution < 1.29 is 19.1 Å². The number of urea groups is 1. The molecule has 2 N–H and O–H groups in total. The van der Waals surface area contributed by atoms with Gasteiger partial charge in [0.15, 0.2) is 0 Å². The maximum absolute atomic E-state index is 12.4. The Labute approximate surface area is 134 Å². The van der Waals surface area contributed by atoms with Gasteiger partial charge in [0.05, 0.1) is 25.2 Å². The molecule has 2 fully saturated rings. The number of benzene rings is 1. The van der Waals surface area contributed by atoms with Crippen molar-refractivity contribution in [2.24, 2.45) is 5.92 Å². The molecular weight excluding hydrogens is 298 g/mol. The van der Waals surface area contributed by atoms with Gasteiger partial charge in [-0.1, -0.05) is 6.07 Å². The van der Waals surface area contributed by atoms with Crippen LogP contribution in [0.25, 0.3) is 0 Å². The van der Waals surface area contributed by atoms with Gasteiger partial charge in [-0.05, 0) is 18.6 Å². The first-order valence-corrected chi connectivity index (χ1v) is 7.67. The summed E-state index contributed by atoms with van der Waals surface area (Å²) in [6.45, 7) is 0.921. The van der Waals surface area contributed by atoms with E-state index in [0.29, 0.717) is 30.9 Å². The van der Waals surface area contributed by atoms with Gasteiger partial charge in [0.25, 0.3) is 0 Å². The standard InChI is InChI=1S/C16H21N3O4/c1-17-15(20)13-7-12-8-19(9-14(13)23-12)16(21)18-10-4-3-5-11(6-10)22-2/h3-6,12-14H,7-9H2,1-2H3,(H,17,20)(H,18,21)/t12-,13+,14+/m0/s1. The van der Waals surface area contributed by atoms with Crippen LogP contribution in [0, 0.1) is 5.92 Å². The fourth-order valence-corrected chi connectivity index (χ4v) is 3.19. The summed E-state index contributed by atoms with van der Waals surface area (Å²) in [5, 5.41) is 5.53. The number of nitrogens with one attached hydrogen (secondary N) is 2. The number of carbonyl (C=O) groups excluding carboxylic acids is 2. The highest BCUT2D eigenvalue weighted by Crippen LogP contribution is 2.32. The Morgan fingerprint density at radius 2 is 2.17 bits per heavy atom. The van der Waals surface area contributed by atoms with Crippen LogP contribution in [0.2, 0.25) is 0 Å². The fraction of sp³-hybridized carbons (Fsp3) is 0.500. The smallest absolute Gasteiger partial charge is 0.322 e. The zero-order chi connectivity index (χ0) is 16.4. The van der Waals surface area contributed by atoms with Gasteiger partial charge < -0.3 is 25.0 Å². The number of rotatable bonds is 3. The van der Waals surface area contributed by atoms with Crippen molar-refractivity contribution in [2.45, 2.75) is 18.6 Å². The predicted octanol–water partition coefficient (Wildman–Crippen LogP) is 1.06. The molecule has 2 aliphatic heterocycles. The number of methoxy groups -OCH3 is 1. The molecule has 7 nitrogen and oxygen atoms in total. The summed E-state index contributed by atoms with van der Waals surface area (Å²) >= 11 is 0. The van der Waals surface area contributed by atoms with Gasteiger partial charge >= 0.3 is 6.03 Å². The predicted molar refractivity (Wildman–Crippen MR) is 84.4 cm³/mol. The van der Waals surface area contributed by atoms with Gasteiger partial charge in [0, 0.05) is 31.9 Å². The highest BCUT2D eigenvalue weighted by Gasteiger charge is 2.45. The molecule has 2 heterocycles. The van der Waals surface area contributed by atoms with E-state index in [1.807, 2.05) is 18.2 Å². The average molecular weight is 319 g/mol. The number of nitrogens with zero attached hydrogens (tertiary/aromatic N) is 1. The quantitative estimate of drug-likeness (QED) is 0.873. The summed E-state index contributed by atoms with van der Waals surface area (Å²) in [7, 11) is 3.21. The van der Waals surface area contributed by atoms with Crippen LogP contribution in [-0.2, 0) is 9.53 Å². The largest absolute Gasteiger partial charge is 0.497 e.